The second-order valence-electron chi connectivity index (χ2n) is 5.05. The van der Waals surface area contributed by atoms with Gasteiger partial charge in [-0.1, -0.05) is 0 Å². The molecule has 1 heterocycles. The minimum atomic E-state index is 0.174. The van der Waals surface area contributed by atoms with Crippen LogP contribution in [-0.4, -0.2) is 43.7 Å². The SMILES string of the molecule is CNCC1CCCN(C(=O)c2ccc(SC)cc2)C1. The molecule has 0 spiro atoms. The van der Waals surface area contributed by atoms with Crippen molar-refractivity contribution in [3.8, 4) is 0 Å². The van der Waals surface area contributed by atoms with E-state index in [-0.39, 0.29) is 5.91 Å². The van der Waals surface area contributed by atoms with Gasteiger partial charge in [-0.2, -0.15) is 0 Å². The predicted molar refractivity (Wildman–Crippen MR) is 80.8 cm³/mol. The van der Waals surface area contributed by atoms with Crippen molar-refractivity contribution in [2.45, 2.75) is 17.7 Å². The third-order valence-corrected chi connectivity index (χ3v) is 4.38. The molecule has 1 saturated heterocycles. The minimum absolute atomic E-state index is 0.174. The summed E-state index contributed by atoms with van der Waals surface area (Å²) in [5.41, 5.74) is 0.808. The molecule has 1 aliphatic rings. The summed E-state index contributed by atoms with van der Waals surface area (Å²) in [4.78, 5) is 15.6. The Kier molecular flexibility index (Phi) is 5.28. The van der Waals surface area contributed by atoms with Gasteiger partial charge in [-0.05, 0) is 62.9 Å². The van der Waals surface area contributed by atoms with Gasteiger partial charge in [-0.3, -0.25) is 4.79 Å². The van der Waals surface area contributed by atoms with Gasteiger partial charge < -0.3 is 10.2 Å². The second kappa shape index (κ2) is 6.96. The van der Waals surface area contributed by atoms with Crippen LogP contribution >= 0.6 is 11.8 Å². The van der Waals surface area contributed by atoms with Gasteiger partial charge in [0.05, 0.1) is 0 Å². The maximum atomic E-state index is 12.4. The monoisotopic (exact) mass is 278 g/mol. The molecule has 4 heteroatoms. The number of carbonyl (C=O) groups is 1. The van der Waals surface area contributed by atoms with Crippen molar-refractivity contribution in [3.63, 3.8) is 0 Å². The van der Waals surface area contributed by atoms with Crippen LogP contribution in [0.2, 0.25) is 0 Å². The largest absolute Gasteiger partial charge is 0.338 e. The number of piperidine rings is 1. The van der Waals surface area contributed by atoms with Crippen LogP contribution in [0.3, 0.4) is 0 Å². The summed E-state index contributed by atoms with van der Waals surface area (Å²) in [6.07, 6.45) is 4.38. The van der Waals surface area contributed by atoms with Crippen molar-refractivity contribution in [1.82, 2.24) is 10.2 Å². The highest BCUT2D eigenvalue weighted by molar-refractivity contribution is 7.98. The molecular weight excluding hydrogens is 256 g/mol. The van der Waals surface area contributed by atoms with Crippen molar-refractivity contribution in [1.29, 1.82) is 0 Å². The number of carbonyl (C=O) groups excluding carboxylic acids is 1. The van der Waals surface area contributed by atoms with Crippen molar-refractivity contribution < 1.29 is 4.79 Å². The van der Waals surface area contributed by atoms with Crippen LogP contribution in [0, 0.1) is 5.92 Å². The van der Waals surface area contributed by atoms with Crippen molar-refractivity contribution >= 4 is 17.7 Å². The first-order chi connectivity index (χ1) is 9.24. The Hall–Kier alpha value is -1.00. The first-order valence-corrected chi connectivity index (χ1v) is 8.05. The Balaban J connectivity index is 2.01. The van der Waals surface area contributed by atoms with Gasteiger partial charge in [0.25, 0.3) is 5.91 Å². The van der Waals surface area contributed by atoms with Crippen LogP contribution in [0.5, 0.6) is 0 Å². The molecular formula is C15H22N2OS. The molecule has 1 aliphatic heterocycles. The molecule has 1 amide bonds. The topological polar surface area (TPSA) is 32.3 Å². The second-order valence-corrected chi connectivity index (χ2v) is 5.93. The highest BCUT2D eigenvalue weighted by Gasteiger charge is 2.23. The lowest BCUT2D eigenvalue weighted by Crippen LogP contribution is -2.42. The Bertz CT molecular complexity index is 417. The number of likely N-dealkylation sites (tertiary alicyclic amines) is 1. The third kappa shape index (κ3) is 3.74. The van der Waals surface area contributed by atoms with Crippen LogP contribution in [0.4, 0.5) is 0 Å². The van der Waals surface area contributed by atoms with E-state index in [0.717, 1.165) is 31.6 Å². The van der Waals surface area contributed by atoms with E-state index >= 15 is 0 Å². The molecule has 0 radical (unpaired) electrons. The standard InChI is InChI=1S/C15H22N2OS/c1-16-10-12-4-3-9-17(11-12)15(18)13-5-7-14(19-2)8-6-13/h5-8,12,16H,3-4,9-11H2,1-2H3. The number of hydrogen-bond acceptors (Lipinski definition) is 3. The smallest absolute Gasteiger partial charge is 0.253 e. The summed E-state index contributed by atoms with van der Waals surface area (Å²) in [5.74, 6) is 0.765. The first-order valence-electron chi connectivity index (χ1n) is 6.82. The number of amides is 1. The molecule has 0 aromatic heterocycles. The Morgan fingerprint density at radius 1 is 1.42 bits per heavy atom. The van der Waals surface area contributed by atoms with Crippen LogP contribution < -0.4 is 5.32 Å². The maximum Gasteiger partial charge on any atom is 0.253 e. The summed E-state index contributed by atoms with van der Waals surface area (Å²) in [7, 11) is 1.97. The number of thioether (sulfide) groups is 1. The predicted octanol–water partition coefficient (Wildman–Crippen LogP) is 2.48. The minimum Gasteiger partial charge on any atom is -0.338 e. The van der Waals surface area contributed by atoms with Gasteiger partial charge in [0.2, 0.25) is 0 Å². The summed E-state index contributed by atoms with van der Waals surface area (Å²) in [6.45, 7) is 2.77. The van der Waals surface area contributed by atoms with E-state index in [0.29, 0.717) is 5.92 Å². The highest BCUT2D eigenvalue weighted by atomic mass is 32.2. The van der Waals surface area contributed by atoms with Crippen LogP contribution in [0.1, 0.15) is 23.2 Å². The van der Waals surface area contributed by atoms with E-state index in [2.05, 4.69) is 5.32 Å². The summed E-state index contributed by atoms with van der Waals surface area (Å²) in [5, 5.41) is 3.21. The average molecular weight is 278 g/mol. The fraction of sp³-hybridized carbons (Fsp3) is 0.533. The molecule has 0 saturated carbocycles. The van der Waals surface area contributed by atoms with E-state index in [1.165, 1.54) is 11.3 Å². The van der Waals surface area contributed by atoms with E-state index in [4.69, 9.17) is 0 Å². The lowest BCUT2D eigenvalue weighted by Gasteiger charge is -2.32. The van der Waals surface area contributed by atoms with E-state index < -0.39 is 0 Å². The maximum absolute atomic E-state index is 12.4. The van der Waals surface area contributed by atoms with E-state index in [1.807, 2.05) is 42.5 Å². The van der Waals surface area contributed by atoms with Crippen molar-refractivity contribution in [2.24, 2.45) is 5.92 Å². The van der Waals surface area contributed by atoms with Gasteiger partial charge in [-0.15, -0.1) is 11.8 Å². The van der Waals surface area contributed by atoms with Crippen LogP contribution in [0.25, 0.3) is 0 Å². The molecule has 104 valence electrons. The van der Waals surface area contributed by atoms with Gasteiger partial charge in [0, 0.05) is 23.5 Å². The van der Waals surface area contributed by atoms with Gasteiger partial charge >= 0.3 is 0 Å². The Labute approximate surface area is 119 Å². The highest BCUT2D eigenvalue weighted by Crippen LogP contribution is 2.20. The molecule has 1 unspecified atom stereocenters. The quantitative estimate of drug-likeness (QED) is 0.859. The van der Waals surface area contributed by atoms with Gasteiger partial charge in [0.1, 0.15) is 0 Å². The summed E-state index contributed by atoms with van der Waals surface area (Å²) < 4.78 is 0. The molecule has 0 aliphatic carbocycles. The zero-order chi connectivity index (χ0) is 13.7. The summed E-state index contributed by atoms with van der Waals surface area (Å²) in [6, 6.07) is 7.92. The summed E-state index contributed by atoms with van der Waals surface area (Å²) >= 11 is 1.70. The first kappa shape index (κ1) is 14.4. The lowest BCUT2D eigenvalue weighted by atomic mass is 9.97. The Morgan fingerprint density at radius 3 is 2.79 bits per heavy atom. The molecule has 1 fully saturated rings. The number of nitrogens with one attached hydrogen (secondary N) is 1. The fourth-order valence-electron chi connectivity index (χ4n) is 2.62. The molecule has 1 atom stereocenters. The zero-order valence-corrected chi connectivity index (χ0v) is 12.5. The molecule has 1 aromatic carbocycles. The number of hydrogen-bond donors (Lipinski definition) is 1. The zero-order valence-electron chi connectivity index (χ0n) is 11.7. The molecule has 19 heavy (non-hydrogen) atoms. The number of benzene rings is 1. The van der Waals surface area contributed by atoms with E-state index in [1.54, 1.807) is 11.8 Å². The molecule has 0 bridgehead atoms. The molecule has 2 rings (SSSR count). The molecule has 1 N–H and O–H groups in total. The van der Waals surface area contributed by atoms with Crippen molar-refractivity contribution in [3.05, 3.63) is 29.8 Å². The van der Waals surface area contributed by atoms with Gasteiger partial charge in [0.15, 0.2) is 0 Å². The lowest BCUT2D eigenvalue weighted by molar-refractivity contribution is 0.0674. The van der Waals surface area contributed by atoms with Crippen molar-refractivity contribution in [2.75, 3.05) is 32.9 Å². The number of rotatable bonds is 4. The molecule has 3 nitrogen and oxygen atoms in total. The van der Waals surface area contributed by atoms with E-state index in [9.17, 15) is 4.79 Å². The van der Waals surface area contributed by atoms with Crippen LogP contribution in [-0.2, 0) is 0 Å². The average Bonchev–Trinajstić information content (AvgIpc) is 2.47. The Morgan fingerprint density at radius 2 is 2.16 bits per heavy atom. The normalized spacial score (nSPS) is 19.5. The fourth-order valence-corrected chi connectivity index (χ4v) is 3.03. The third-order valence-electron chi connectivity index (χ3n) is 3.64. The van der Waals surface area contributed by atoms with Crippen LogP contribution in [0.15, 0.2) is 29.2 Å². The molecule has 1 aromatic rings. The van der Waals surface area contributed by atoms with Gasteiger partial charge in [-0.25, -0.2) is 0 Å². The number of nitrogens with zero attached hydrogens (tertiary/aromatic N) is 1.